The van der Waals surface area contributed by atoms with Crippen LogP contribution in [0.1, 0.15) is 99.6 Å². The van der Waals surface area contributed by atoms with Crippen LogP contribution in [-0.2, 0) is 67.1 Å². The summed E-state index contributed by atoms with van der Waals surface area (Å²) < 4.78 is 4.73. The molecule has 1 fully saturated rings. The number of hydrogen-bond acceptors (Lipinski definition) is 13. The monoisotopic (exact) mass is 1340 g/mol. The molecule has 512 valence electrons. The number of benzene rings is 6. The number of aromatic amines is 1. The van der Waals surface area contributed by atoms with E-state index in [2.05, 4.69) is 83.9 Å². The maximum atomic E-state index is 15.3. The largest absolute Gasteiger partial charge is 0.508 e. The van der Waals surface area contributed by atoms with Gasteiger partial charge in [-0.05, 0) is 105 Å². The van der Waals surface area contributed by atoms with E-state index in [9.17, 15) is 34.2 Å². The molecule has 22 nitrogen and oxygen atoms in total. The number of rotatable bonds is 25. The predicted molar refractivity (Wildman–Crippen MR) is 371 cm³/mol. The number of likely N-dealkylation sites (N-methyl/N-ethyl adjacent to an activating group) is 1. The molecule has 97 heavy (non-hydrogen) atoms. The number of carbonyl (C=O) groups is 9. The molecule has 0 saturated carbocycles. The third-order valence-corrected chi connectivity index (χ3v) is 18.2. The summed E-state index contributed by atoms with van der Waals surface area (Å²) in [5.41, 5.74) is 4.79. The lowest BCUT2D eigenvalue weighted by Gasteiger charge is -2.35. The zero-order valence-corrected chi connectivity index (χ0v) is 56.1. The molecule has 1 aliphatic heterocycles. The first kappa shape index (κ1) is 72.8. The highest BCUT2D eigenvalue weighted by Crippen LogP contribution is 2.48. The topological polar surface area (TPSA) is 319 Å². The molecule has 7 aromatic rings. The minimum atomic E-state index is -1.72. The van der Waals surface area contributed by atoms with Crippen LogP contribution in [0.5, 0.6) is 5.75 Å². The van der Waals surface area contributed by atoms with Crippen molar-refractivity contribution in [3.63, 3.8) is 0 Å². The van der Waals surface area contributed by atoms with Crippen molar-refractivity contribution >= 4 is 76.0 Å². The molecular formula is C74H88N10O12S. The van der Waals surface area contributed by atoms with Gasteiger partial charge in [0.15, 0.2) is 0 Å². The third kappa shape index (κ3) is 21.0. The van der Waals surface area contributed by atoms with Crippen molar-refractivity contribution < 1.29 is 58.1 Å². The van der Waals surface area contributed by atoms with Crippen molar-refractivity contribution in [3.8, 4) is 5.75 Å². The lowest BCUT2D eigenvalue weighted by molar-refractivity contribution is -0.144. The van der Waals surface area contributed by atoms with Gasteiger partial charge in [0.25, 0.3) is 0 Å². The number of phenols is 1. The first-order valence-electron chi connectivity index (χ1n) is 32.7. The molecule has 0 aliphatic carbocycles. The van der Waals surface area contributed by atoms with Crippen molar-refractivity contribution in [2.24, 2.45) is 0 Å². The summed E-state index contributed by atoms with van der Waals surface area (Å²) in [4.78, 5) is 134. The van der Waals surface area contributed by atoms with E-state index in [0.717, 1.165) is 32.5 Å². The number of alkyl carbamates (subject to hydrolysis) is 1. The quantitative estimate of drug-likeness (QED) is 0.0219. The van der Waals surface area contributed by atoms with Crippen molar-refractivity contribution in [1.82, 2.24) is 52.4 Å². The summed E-state index contributed by atoms with van der Waals surface area (Å²) in [7, 11) is 1.32. The molecule has 1 saturated heterocycles. The number of amides is 9. The Morgan fingerprint density at radius 2 is 1.04 bits per heavy atom. The summed E-state index contributed by atoms with van der Waals surface area (Å²) in [6.07, 6.45) is -1.11. The number of phenolic OH excluding ortho intramolecular Hbond substituents is 1. The number of H-pyrrole nitrogens is 1. The maximum Gasteiger partial charge on any atom is 0.407 e. The lowest BCUT2D eigenvalue weighted by atomic mass is 9.84. The standard InChI is InChI=1S/C74H88N10O12S/c1-48(85)65-70(93)82-61(45-49-22-10-6-11-23-49)71(94)84(5)62(37-38-63(87)75-41-42-76-64(88)39-43-97-74(52-24-12-7-13-25-52,53-26-14-8-15-27-53)54-28-16-9-17-29-54)69(92)81-59(44-50-33-35-55(86)36-34-50)67(90)80-60(46-51-47-78-57-31-19-18-30-56(51)57)68(91)79-58(66(89)83-65)32-20-21-40-77-72(95)96-73(2,3)4/h6-19,22-31,33-36,47-48,58-62,65,78,85-86H,20-21,32,37-46H2,1-5H3,(H,75,87)(H,76,88)(H,77,95)(H,79,91)(H,80,90)(H,81,92)(H,82,93)(H,83,89)/t48-,58+,59+,60-,61+,62+,65+/m1/s1. The van der Waals surface area contributed by atoms with E-state index in [1.54, 1.807) is 87.3 Å². The average molecular weight is 1340 g/mol. The van der Waals surface area contributed by atoms with Gasteiger partial charge in [-0.2, -0.15) is 0 Å². The molecule has 1 aromatic heterocycles. The maximum absolute atomic E-state index is 15.3. The number of para-hydroxylation sites is 1. The van der Waals surface area contributed by atoms with Crippen LogP contribution in [0.3, 0.4) is 0 Å². The van der Waals surface area contributed by atoms with Gasteiger partial charge in [-0.3, -0.25) is 38.4 Å². The second-order valence-corrected chi connectivity index (χ2v) is 26.4. The first-order chi connectivity index (χ1) is 46.6. The smallest absolute Gasteiger partial charge is 0.407 e. The summed E-state index contributed by atoms with van der Waals surface area (Å²) in [5, 5.41) is 44.4. The molecule has 9 amide bonds. The molecule has 8 rings (SSSR count). The number of nitrogens with zero attached hydrogens (tertiary/aromatic N) is 1. The number of aromatic nitrogens is 1. The molecule has 7 atom stereocenters. The average Bonchev–Trinajstić information content (AvgIpc) is 1.54. The molecule has 0 radical (unpaired) electrons. The van der Waals surface area contributed by atoms with Gasteiger partial charge in [0.1, 0.15) is 47.6 Å². The Morgan fingerprint density at radius 3 is 1.63 bits per heavy atom. The van der Waals surface area contributed by atoms with Crippen LogP contribution >= 0.6 is 11.8 Å². The van der Waals surface area contributed by atoms with Gasteiger partial charge < -0.3 is 67.4 Å². The van der Waals surface area contributed by atoms with E-state index in [1.807, 2.05) is 72.8 Å². The van der Waals surface area contributed by atoms with Gasteiger partial charge in [-0.15, -0.1) is 11.8 Å². The molecule has 11 N–H and O–H groups in total. The van der Waals surface area contributed by atoms with Crippen LogP contribution in [0.2, 0.25) is 0 Å². The van der Waals surface area contributed by atoms with Crippen molar-refractivity contribution in [3.05, 3.63) is 209 Å². The summed E-state index contributed by atoms with van der Waals surface area (Å²) in [6, 6.07) is 43.2. The van der Waals surface area contributed by atoms with E-state index in [4.69, 9.17) is 4.74 Å². The van der Waals surface area contributed by atoms with Crippen molar-refractivity contribution in [2.45, 2.75) is 138 Å². The highest BCUT2D eigenvalue weighted by molar-refractivity contribution is 8.00. The number of unbranched alkanes of at least 4 members (excludes halogenated alkanes) is 1. The molecule has 0 spiro atoms. The van der Waals surface area contributed by atoms with Crippen molar-refractivity contribution in [2.75, 3.05) is 32.4 Å². The van der Waals surface area contributed by atoms with Gasteiger partial charge in [-0.1, -0.05) is 152 Å². The molecular weight excluding hydrogens is 1250 g/mol. The number of aliphatic hydroxyl groups is 1. The normalized spacial score (nSPS) is 18.8. The van der Waals surface area contributed by atoms with Gasteiger partial charge >= 0.3 is 6.09 Å². The zero-order valence-electron chi connectivity index (χ0n) is 55.3. The SMILES string of the molecule is C[C@@H](O)[C@@H]1NC(=O)[C@H](CCCCNC(=O)OC(C)(C)C)NC(=O)[C@@H](Cc2c[nH]c3ccccc23)NC(=O)[C@H](Cc2ccc(O)cc2)NC(=O)[C@H](CCC(=O)NCCNC(=O)CCSC(c2ccccc2)(c2ccccc2)c2ccccc2)N(C)C(=O)[C@H](Cc2ccccc2)NC1=O. The molecule has 1 aliphatic rings. The number of thioether (sulfide) groups is 1. The number of ether oxygens (including phenoxy) is 1. The fourth-order valence-corrected chi connectivity index (χ4v) is 13.2. The second-order valence-electron chi connectivity index (χ2n) is 25.1. The Kier molecular flexibility index (Phi) is 26.4. The minimum Gasteiger partial charge on any atom is -0.508 e. The van der Waals surface area contributed by atoms with Crippen LogP contribution < -0.4 is 42.5 Å². The number of nitrogens with one attached hydrogen (secondary N) is 9. The highest BCUT2D eigenvalue weighted by atomic mass is 32.2. The number of hydrogen-bond donors (Lipinski definition) is 11. The van der Waals surface area contributed by atoms with E-state index in [0.29, 0.717) is 28.9 Å². The first-order valence-corrected chi connectivity index (χ1v) is 33.7. The third-order valence-electron chi connectivity index (χ3n) is 16.6. The van der Waals surface area contributed by atoms with Gasteiger partial charge in [0.2, 0.25) is 47.3 Å². The number of aliphatic hydroxyl groups excluding tert-OH is 1. The van der Waals surface area contributed by atoms with E-state index < -0.39 is 100 Å². The fourth-order valence-electron chi connectivity index (χ4n) is 11.7. The minimum absolute atomic E-state index is 0.00768. The Labute approximate surface area is 569 Å². The van der Waals surface area contributed by atoms with Gasteiger partial charge in [0.05, 0.1) is 10.9 Å². The zero-order chi connectivity index (χ0) is 69.5. The van der Waals surface area contributed by atoms with Crippen LogP contribution in [0, 0.1) is 0 Å². The number of fused-ring (bicyclic) bond motifs is 1. The van der Waals surface area contributed by atoms with Crippen LogP contribution in [0.15, 0.2) is 176 Å². The molecule has 0 unspecified atom stereocenters. The van der Waals surface area contributed by atoms with Crippen molar-refractivity contribution in [1.29, 1.82) is 0 Å². The van der Waals surface area contributed by atoms with Crippen LogP contribution in [0.25, 0.3) is 10.9 Å². The van der Waals surface area contributed by atoms with E-state index >= 15 is 19.2 Å². The van der Waals surface area contributed by atoms with E-state index in [-0.39, 0.29) is 82.7 Å². The number of carbonyl (C=O) groups excluding carboxylic acids is 9. The van der Waals surface area contributed by atoms with E-state index in [1.165, 1.54) is 26.1 Å². The van der Waals surface area contributed by atoms with Crippen LogP contribution in [-0.4, -0.2) is 154 Å². The predicted octanol–water partition coefficient (Wildman–Crippen LogP) is 6.37. The van der Waals surface area contributed by atoms with Crippen LogP contribution in [0.4, 0.5) is 4.79 Å². The second kappa shape index (κ2) is 35.1. The number of aromatic hydroxyl groups is 1. The summed E-state index contributed by atoms with van der Waals surface area (Å²) in [6.45, 7) is 6.64. The Morgan fingerprint density at radius 1 is 0.546 bits per heavy atom. The van der Waals surface area contributed by atoms with Gasteiger partial charge in [-0.25, -0.2) is 4.79 Å². The molecule has 2 heterocycles. The Hall–Kier alpha value is -10.0. The fraction of sp³-hybridized carbons (Fsp3) is 0.365. The Balaban J connectivity index is 1.05. The summed E-state index contributed by atoms with van der Waals surface area (Å²) in [5.74, 6) is -5.67. The molecule has 0 bridgehead atoms. The Bertz CT molecular complexity index is 3680. The molecule has 6 aromatic carbocycles. The molecule has 23 heteroatoms. The summed E-state index contributed by atoms with van der Waals surface area (Å²) >= 11 is 1.65. The highest BCUT2D eigenvalue weighted by Gasteiger charge is 2.40. The lowest BCUT2D eigenvalue weighted by Crippen LogP contribution is -2.63. The van der Waals surface area contributed by atoms with Gasteiger partial charge in [0, 0.05) is 81.6 Å².